The van der Waals surface area contributed by atoms with Gasteiger partial charge < -0.3 is 20.3 Å². The van der Waals surface area contributed by atoms with Gasteiger partial charge in [-0.15, -0.1) is 0 Å². The summed E-state index contributed by atoms with van der Waals surface area (Å²) in [5, 5.41) is 14.8. The molecule has 4 aromatic rings. The van der Waals surface area contributed by atoms with Crippen molar-refractivity contribution in [3.05, 3.63) is 66.1 Å². The average Bonchev–Trinajstić information content (AvgIpc) is 3.23. The number of benzene rings is 1. The monoisotopic (exact) mass is 419 g/mol. The second-order valence-corrected chi connectivity index (χ2v) is 7.19. The molecule has 160 valence electrons. The lowest BCUT2D eigenvalue weighted by Gasteiger charge is -2.12. The summed E-state index contributed by atoms with van der Waals surface area (Å²) in [5.41, 5.74) is 9.90. The maximum absolute atomic E-state index is 9.46. The zero-order valence-corrected chi connectivity index (χ0v) is 17.5. The zero-order chi connectivity index (χ0) is 21.8. The smallest absolute Gasteiger partial charge is 0.154 e. The zero-order valence-electron chi connectivity index (χ0n) is 17.5. The molecular formula is C23H25N5O3. The molecule has 3 aromatic heterocycles. The third-order valence-electron chi connectivity index (χ3n) is 4.90. The SMILES string of the molecule is COCCOc1cc(-c2cccc([C@H](C)N)n2)cc2c1cnn2-c1cccc(CO)n1. The summed E-state index contributed by atoms with van der Waals surface area (Å²) >= 11 is 0. The fourth-order valence-corrected chi connectivity index (χ4v) is 3.32. The number of hydrogen-bond acceptors (Lipinski definition) is 7. The van der Waals surface area contributed by atoms with Crippen molar-refractivity contribution in [1.29, 1.82) is 0 Å². The van der Waals surface area contributed by atoms with E-state index in [2.05, 4.69) is 10.1 Å². The van der Waals surface area contributed by atoms with Crippen LogP contribution in [-0.2, 0) is 11.3 Å². The van der Waals surface area contributed by atoms with Crippen LogP contribution in [0.4, 0.5) is 0 Å². The fourth-order valence-electron chi connectivity index (χ4n) is 3.32. The molecule has 3 heterocycles. The first-order chi connectivity index (χ1) is 15.1. The van der Waals surface area contributed by atoms with Crippen LogP contribution in [0.5, 0.6) is 5.75 Å². The predicted octanol–water partition coefficient (Wildman–Crippen LogP) is 3.02. The van der Waals surface area contributed by atoms with Gasteiger partial charge in [-0.25, -0.2) is 9.67 Å². The number of nitrogens with two attached hydrogens (primary N) is 1. The Bertz CT molecular complexity index is 1190. The second-order valence-electron chi connectivity index (χ2n) is 7.19. The number of aliphatic hydroxyl groups is 1. The molecule has 0 radical (unpaired) electrons. The number of nitrogens with zero attached hydrogens (tertiary/aromatic N) is 4. The van der Waals surface area contributed by atoms with E-state index in [1.54, 1.807) is 24.1 Å². The fraction of sp³-hybridized carbons (Fsp3) is 0.261. The van der Waals surface area contributed by atoms with Gasteiger partial charge in [0.15, 0.2) is 5.82 Å². The molecule has 0 aliphatic rings. The van der Waals surface area contributed by atoms with Crippen molar-refractivity contribution >= 4 is 10.9 Å². The number of rotatable bonds is 8. The van der Waals surface area contributed by atoms with E-state index < -0.39 is 0 Å². The normalized spacial score (nSPS) is 12.3. The van der Waals surface area contributed by atoms with Gasteiger partial charge in [-0.3, -0.25) is 4.98 Å². The molecule has 0 saturated heterocycles. The molecule has 31 heavy (non-hydrogen) atoms. The van der Waals surface area contributed by atoms with Gasteiger partial charge in [-0.2, -0.15) is 5.10 Å². The van der Waals surface area contributed by atoms with Gasteiger partial charge in [0.05, 0.1) is 47.4 Å². The summed E-state index contributed by atoms with van der Waals surface area (Å²) in [6, 6.07) is 15.0. The molecule has 0 fully saturated rings. The minimum Gasteiger partial charge on any atom is -0.490 e. The molecule has 8 heteroatoms. The van der Waals surface area contributed by atoms with Crippen molar-refractivity contribution in [2.24, 2.45) is 5.73 Å². The van der Waals surface area contributed by atoms with Crippen molar-refractivity contribution < 1.29 is 14.6 Å². The molecule has 0 aliphatic heterocycles. The maximum Gasteiger partial charge on any atom is 0.154 e. The second kappa shape index (κ2) is 9.22. The summed E-state index contributed by atoms with van der Waals surface area (Å²) in [6.07, 6.45) is 1.75. The first-order valence-electron chi connectivity index (χ1n) is 10.0. The minimum atomic E-state index is -0.169. The van der Waals surface area contributed by atoms with Crippen LogP contribution in [0, 0.1) is 0 Å². The number of ether oxygens (including phenoxy) is 2. The van der Waals surface area contributed by atoms with Crippen LogP contribution in [-0.4, -0.2) is 45.2 Å². The quantitative estimate of drug-likeness (QED) is 0.423. The molecule has 0 unspecified atom stereocenters. The van der Waals surface area contributed by atoms with Crippen LogP contribution < -0.4 is 10.5 Å². The van der Waals surface area contributed by atoms with E-state index >= 15 is 0 Å². The summed E-state index contributed by atoms with van der Waals surface area (Å²) in [4.78, 5) is 9.20. The van der Waals surface area contributed by atoms with Crippen LogP contribution in [0.2, 0.25) is 0 Å². The first kappa shape index (κ1) is 20.9. The Morgan fingerprint density at radius 1 is 1.10 bits per heavy atom. The minimum absolute atomic E-state index is 0.141. The molecule has 8 nitrogen and oxygen atoms in total. The Morgan fingerprint density at radius 3 is 2.71 bits per heavy atom. The lowest BCUT2D eigenvalue weighted by atomic mass is 10.1. The van der Waals surface area contributed by atoms with Crippen molar-refractivity contribution in [2.75, 3.05) is 20.3 Å². The molecule has 0 saturated carbocycles. The van der Waals surface area contributed by atoms with Crippen LogP contribution >= 0.6 is 0 Å². The summed E-state index contributed by atoms with van der Waals surface area (Å²) < 4.78 is 12.9. The molecule has 0 bridgehead atoms. The highest BCUT2D eigenvalue weighted by Gasteiger charge is 2.15. The summed E-state index contributed by atoms with van der Waals surface area (Å²) in [6.45, 7) is 2.64. The molecule has 1 atom stereocenters. The van der Waals surface area contributed by atoms with Gasteiger partial charge in [0.2, 0.25) is 0 Å². The van der Waals surface area contributed by atoms with Gasteiger partial charge in [-0.05, 0) is 43.3 Å². The highest BCUT2D eigenvalue weighted by molar-refractivity contribution is 5.90. The molecule has 0 amide bonds. The Labute approximate surface area is 180 Å². The highest BCUT2D eigenvalue weighted by atomic mass is 16.5. The van der Waals surface area contributed by atoms with Gasteiger partial charge in [0, 0.05) is 18.7 Å². The van der Waals surface area contributed by atoms with Crippen LogP contribution in [0.1, 0.15) is 24.4 Å². The molecule has 0 spiro atoms. The van der Waals surface area contributed by atoms with E-state index in [1.807, 2.05) is 49.4 Å². The maximum atomic E-state index is 9.46. The van der Waals surface area contributed by atoms with Gasteiger partial charge in [0.1, 0.15) is 12.4 Å². The van der Waals surface area contributed by atoms with E-state index in [4.69, 9.17) is 20.2 Å². The first-order valence-corrected chi connectivity index (χ1v) is 10.0. The molecular weight excluding hydrogens is 394 g/mol. The van der Waals surface area contributed by atoms with Crippen molar-refractivity contribution in [2.45, 2.75) is 19.6 Å². The number of methoxy groups -OCH3 is 1. The third-order valence-corrected chi connectivity index (χ3v) is 4.90. The van der Waals surface area contributed by atoms with E-state index in [9.17, 15) is 5.11 Å². The predicted molar refractivity (Wildman–Crippen MR) is 118 cm³/mol. The van der Waals surface area contributed by atoms with Gasteiger partial charge >= 0.3 is 0 Å². The van der Waals surface area contributed by atoms with E-state index in [0.717, 1.165) is 27.9 Å². The third kappa shape index (κ3) is 4.41. The van der Waals surface area contributed by atoms with E-state index in [-0.39, 0.29) is 12.6 Å². The largest absolute Gasteiger partial charge is 0.490 e. The van der Waals surface area contributed by atoms with Gasteiger partial charge in [-0.1, -0.05) is 12.1 Å². The standard InChI is InChI=1S/C23H25N5O3/c1-15(24)19-6-4-7-20(27-19)16-11-21-18(22(12-16)31-10-9-30-2)13-25-28(21)23-8-3-5-17(14-29)26-23/h3-8,11-13,15,29H,9-10,14,24H2,1-2H3/t15-/m0/s1. The number of aliphatic hydroxyl groups excluding tert-OH is 1. The van der Waals surface area contributed by atoms with E-state index in [1.165, 1.54) is 0 Å². The van der Waals surface area contributed by atoms with Crippen molar-refractivity contribution in [3.8, 4) is 22.8 Å². The Kier molecular flexibility index (Phi) is 6.22. The highest BCUT2D eigenvalue weighted by Crippen LogP contribution is 2.33. The molecule has 0 aliphatic carbocycles. The average molecular weight is 419 g/mol. The Balaban J connectivity index is 1.87. The van der Waals surface area contributed by atoms with Crippen LogP contribution in [0.25, 0.3) is 28.0 Å². The Morgan fingerprint density at radius 2 is 1.94 bits per heavy atom. The number of fused-ring (bicyclic) bond motifs is 1. The molecule has 1 aromatic carbocycles. The van der Waals surface area contributed by atoms with E-state index in [0.29, 0.717) is 30.5 Å². The molecule has 4 rings (SSSR count). The number of aromatic nitrogens is 4. The van der Waals surface area contributed by atoms with Crippen LogP contribution in [0.3, 0.4) is 0 Å². The van der Waals surface area contributed by atoms with Crippen molar-refractivity contribution in [1.82, 2.24) is 19.7 Å². The topological polar surface area (TPSA) is 108 Å². The lowest BCUT2D eigenvalue weighted by molar-refractivity contribution is 0.147. The molecule has 3 N–H and O–H groups in total. The number of hydrogen-bond donors (Lipinski definition) is 2. The Hall–Kier alpha value is -3.33. The van der Waals surface area contributed by atoms with Crippen LogP contribution in [0.15, 0.2) is 54.7 Å². The van der Waals surface area contributed by atoms with Gasteiger partial charge in [0.25, 0.3) is 0 Å². The number of pyridine rings is 2. The lowest BCUT2D eigenvalue weighted by Crippen LogP contribution is -2.07. The van der Waals surface area contributed by atoms with Crippen molar-refractivity contribution in [3.63, 3.8) is 0 Å². The summed E-state index contributed by atoms with van der Waals surface area (Å²) in [5.74, 6) is 1.29. The summed E-state index contributed by atoms with van der Waals surface area (Å²) in [7, 11) is 1.64.